The molecular formula is C15H33N3. The van der Waals surface area contributed by atoms with Crippen molar-refractivity contribution in [3.63, 3.8) is 0 Å². The monoisotopic (exact) mass is 255 g/mol. The zero-order chi connectivity index (χ0) is 13.9. The molecule has 0 amide bonds. The Labute approximate surface area is 114 Å². The molecule has 0 aromatic heterocycles. The van der Waals surface area contributed by atoms with E-state index >= 15 is 0 Å². The maximum absolute atomic E-state index is 6.19. The zero-order valence-corrected chi connectivity index (χ0v) is 13.2. The minimum absolute atomic E-state index is 0.139. The second kappa shape index (κ2) is 6.36. The molecule has 1 aliphatic rings. The van der Waals surface area contributed by atoms with E-state index in [-0.39, 0.29) is 5.54 Å². The van der Waals surface area contributed by atoms with Crippen LogP contribution in [0.5, 0.6) is 0 Å². The second-order valence-electron chi connectivity index (χ2n) is 6.65. The Bertz CT molecular complexity index is 234. The molecule has 3 heteroatoms. The van der Waals surface area contributed by atoms with Crippen LogP contribution in [-0.2, 0) is 0 Å². The summed E-state index contributed by atoms with van der Waals surface area (Å²) < 4.78 is 0. The molecule has 0 atom stereocenters. The number of likely N-dealkylation sites (tertiary alicyclic amines) is 1. The molecule has 0 aliphatic carbocycles. The lowest BCUT2D eigenvalue weighted by Gasteiger charge is -2.52. The van der Waals surface area contributed by atoms with Crippen LogP contribution in [0.25, 0.3) is 0 Å². The fourth-order valence-corrected chi connectivity index (χ4v) is 3.82. The maximum Gasteiger partial charge on any atom is 0.0377 e. The van der Waals surface area contributed by atoms with Crippen molar-refractivity contribution in [1.29, 1.82) is 0 Å². The van der Waals surface area contributed by atoms with Gasteiger partial charge >= 0.3 is 0 Å². The van der Waals surface area contributed by atoms with E-state index in [9.17, 15) is 0 Å². The van der Waals surface area contributed by atoms with Gasteiger partial charge in [-0.1, -0.05) is 27.7 Å². The average molecular weight is 255 g/mol. The molecule has 3 nitrogen and oxygen atoms in total. The summed E-state index contributed by atoms with van der Waals surface area (Å²) in [7, 11) is 4.51. The number of likely N-dealkylation sites (N-methyl/N-ethyl adjacent to an activating group) is 1. The van der Waals surface area contributed by atoms with E-state index in [0.29, 0.717) is 17.9 Å². The summed E-state index contributed by atoms with van der Waals surface area (Å²) in [6, 6.07) is 0.689. The van der Waals surface area contributed by atoms with Crippen molar-refractivity contribution in [1.82, 2.24) is 9.80 Å². The van der Waals surface area contributed by atoms with Crippen LogP contribution in [-0.4, -0.2) is 55.1 Å². The van der Waals surface area contributed by atoms with Crippen LogP contribution >= 0.6 is 0 Å². The number of nitrogens with two attached hydrogens (primary N) is 1. The van der Waals surface area contributed by atoms with Crippen LogP contribution < -0.4 is 5.73 Å². The van der Waals surface area contributed by atoms with E-state index < -0.39 is 0 Å². The molecule has 0 spiro atoms. The van der Waals surface area contributed by atoms with E-state index in [1.807, 2.05) is 0 Å². The highest BCUT2D eigenvalue weighted by molar-refractivity contribution is 4.99. The van der Waals surface area contributed by atoms with E-state index in [0.717, 1.165) is 6.54 Å². The Morgan fingerprint density at radius 2 is 1.61 bits per heavy atom. The standard InChI is InChI=1S/C15H33N3/c1-12(2)15(11-16,13(3)4)18(6)14-7-9-17(5)10-8-14/h12-14H,7-11,16H2,1-6H3. The normalized spacial score (nSPS) is 20.3. The number of piperidine rings is 1. The van der Waals surface area contributed by atoms with Crippen molar-refractivity contribution in [3.8, 4) is 0 Å². The van der Waals surface area contributed by atoms with Gasteiger partial charge in [-0.05, 0) is 51.9 Å². The molecule has 1 saturated heterocycles. The Hall–Kier alpha value is -0.120. The molecule has 1 fully saturated rings. The van der Waals surface area contributed by atoms with Crippen molar-refractivity contribution in [2.75, 3.05) is 33.7 Å². The fourth-order valence-electron chi connectivity index (χ4n) is 3.82. The Morgan fingerprint density at radius 1 is 1.17 bits per heavy atom. The van der Waals surface area contributed by atoms with Gasteiger partial charge in [-0.3, -0.25) is 4.90 Å². The van der Waals surface area contributed by atoms with Crippen LogP contribution in [0, 0.1) is 11.8 Å². The molecule has 1 rings (SSSR count). The summed E-state index contributed by atoms with van der Waals surface area (Å²) in [4.78, 5) is 5.04. The van der Waals surface area contributed by atoms with E-state index in [1.54, 1.807) is 0 Å². The second-order valence-corrected chi connectivity index (χ2v) is 6.65. The summed E-state index contributed by atoms with van der Waals surface area (Å²) in [5.74, 6) is 1.18. The lowest BCUT2D eigenvalue weighted by molar-refractivity contribution is -0.0185. The molecule has 0 saturated carbocycles. The molecule has 0 radical (unpaired) electrons. The first-order valence-electron chi connectivity index (χ1n) is 7.47. The maximum atomic E-state index is 6.19. The number of nitrogens with zero attached hydrogens (tertiary/aromatic N) is 2. The van der Waals surface area contributed by atoms with Crippen LogP contribution in [0.3, 0.4) is 0 Å². The van der Waals surface area contributed by atoms with Crippen LogP contribution in [0.4, 0.5) is 0 Å². The Kier molecular flexibility index (Phi) is 5.63. The summed E-state index contributed by atoms with van der Waals surface area (Å²) in [6.45, 7) is 12.5. The molecule has 108 valence electrons. The highest BCUT2D eigenvalue weighted by atomic mass is 15.2. The molecule has 1 aliphatic heterocycles. The predicted molar refractivity (Wildman–Crippen MR) is 79.7 cm³/mol. The van der Waals surface area contributed by atoms with Gasteiger partial charge in [0.2, 0.25) is 0 Å². The third-order valence-corrected chi connectivity index (χ3v) is 5.22. The topological polar surface area (TPSA) is 32.5 Å². The highest BCUT2D eigenvalue weighted by Crippen LogP contribution is 2.34. The number of hydrogen-bond donors (Lipinski definition) is 1. The van der Waals surface area contributed by atoms with Gasteiger partial charge in [0.1, 0.15) is 0 Å². The quantitative estimate of drug-likeness (QED) is 0.816. The van der Waals surface area contributed by atoms with Gasteiger partial charge in [0.15, 0.2) is 0 Å². The van der Waals surface area contributed by atoms with Gasteiger partial charge in [-0.2, -0.15) is 0 Å². The molecule has 2 N–H and O–H groups in total. The summed E-state index contributed by atoms with van der Waals surface area (Å²) >= 11 is 0. The predicted octanol–water partition coefficient (Wildman–Crippen LogP) is 2.02. The molecule has 1 heterocycles. The van der Waals surface area contributed by atoms with Gasteiger partial charge in [0.05, 0.1) is 0 Å². The van der Waals surface area contributed by atoms with Crippen molar-refractivity contribution in [3.05, 3.63) is 0 Å². The van der Waals surface area contributed by atoms with Gasteiger partial charge in [0.25, 0.3) is 0 Å². The first-order valence-corrected chi connectivity index (χ1v) is 7.47. The highest BCUT2D eigenvalue weighted by Gasteiger charge is 2.42. The van der Waals surface area contributed by atoms with Gasteiger partial charge in [-0.15, -0.1) is 0 Å². The molecule has 18 heavy (non-hydrogen) atoms. The number of rotatable bonds is 5. The molecule has 0 aromatic rings. The largest absolute Gasteiger partial charge is 0.329 e. The molecule has 0 unspecified atom stereocenters. The van der Waals surface area contributed by atoms with Gasteiger partial charge in [0, 0.05) is 18.1 Å². The zero-order valence-electron chi connectivity index (χ0n) is 13.2. The van der Waals surface area contributed by atoms with E-state index in [1.165, 1.54) is 25.9 Å². The summed E-state index contributed by atoms with van der Waals surface area (Å²) in [5.41, 5.74) is 6.33. The van der Waals surface area contributed by atoms with Gasteiger partial charge in [-0.25, -0.2) is 0 Å². The minimum Gasteiger partial charge on any atom is -0.329 e. The van der Waals surface area contributed by atoms with E-state index in [2.05, 4.69) is 51.6 Å². The Morgan fingerprint density at radius 3 is 1.94 bits per heavy atom. The Balaban J connectivity index is 2.85. The minimum atomic E-state index is 0.139. The molecular weight excluding hydrogens is 222 g/mol. The van der Waals surface area contributed by atoms with Gasteiger partial charge < -0.3 is 10.6 Å². The molecule has 0 aromatic carbocycles. The average Bonchev–Trinajstić information content (AvgIpc) is 2.30. The lowest BCUT2D eigenvalue weighted by Crippen LogP contribution is -2.63. The molecule has 0 bridgehead atoms. The first-order chi connectivity index (χ1) is 8.36. The third kappa shape index (κ3) is 2.89. The summed E-state index contributed by atoms with van der Waals surface area (Å²) in [6.07, 6.45) is 2.54. The number of hydrogen-bond acceptors (Lipinski definition) is 3. The lowest BCUT2D eigenvalue weighted by atomic mass is 9.74. The summed E-state index contributed by atoms with van der Waals surface area (Å²) in [5, 5.41) is 0. The first kappa shape index (κ1) is 15.9. The van der Waals surface area contributed by atoms with Crippen molar-refractivity contribution >= 4 is 0 Å². The van der Waals surface area contributed by atoms with Crippen LogP contribution in [0.15, 0.2) is 0 Å². The third-order valence-electron chi connectivity index (χ3n) is 5.22. The SMILES string of the molecule is CC(C)C(CN)(C(C)C)N(C)C1CCN(C)CC1. The smallest absolute Gasteiger partial charge is 0.0377 e. The fraction of sp³-hybridized carbons (Fsp3) is 1.00. The van der Waals surface area contributed by atoms with Crippen LogP contribution in [0.1, 0.15) is 40.5 Å². The van der Waals surface area contributed by atoms with Crippen molar-refractivity contribution in [2.24, 2.45) is 17.6 Å². The van der Waals surface area contributed by atoms with Crippen molar-refractivity contribution in [2.45, 2.75) is 52.1 Å². The van der Waals surface area contributed by atoms with E-state index in [4.69, 9.17) is 5.73 Å². The van der Waals surface area contributed by atoms with Crippen LogP contribution in [0.2, 0.25) is 0 Å². The van der Waals surface area contributed by atoms with Crippen molar-refractivity contribution < 1.29 is 0 Å².